The lowest BCUT2D eigenvalue weighted by Gasteiger charge is -2.25. The van der Waals surface area contributed by atoms with Gasteiger partial charge in [-0.2, -0.15) is 0 Å². The molecule has 0 unspecified atom stereocenters. The van der Waals surface area contributed by atoms with Gasteiger partial charge in [0.25, 0.3) is 5.91 Å². The SMILES string of the molecule is O=C(O)CCN(C[C@@H]1CCCO1)C(=O)c1ccc2[nH]ccc2c1. The van der Waals surface area contributed by atoms with Gasteiger partial charge in [-0.05, 0) is 37.1 Å². The first-order chi connectivity index (χ1) is 11.1. The van der Waals surface area contributed by atoms with Crippen LogP contribution in [-0.4, -0.2) is 52.7 Å². The number of nitrogens with zero attached hydrogens (tertiary/aromatic N) is 1. The number of rotatable bonds is 6. The molecule has 1 atom stereocenters. The molecule has 1 aliphatic rings. The van der Waals surface area contributed by atoms with Gasteiger partial charge >= 0.3 is 5.97 Å². The van der Waals surface area contributed by atoms with Gasteiger partial charge in [0, 0.05) is 42.4 Å². The van der Waals surface area contributed by atoms with Crippen molar-refractivity contribution in [3.63, 3.8) is 0 Å². The van der Waals surface area contributed by atoms with Crippen molar-refractivity contribution in [1.82, 2.24) is 9.88 Å². The number of H-pyrrole nitrogens is 1. The van der Waals surface area contributed by atoms with Crippen LogP contribution in [0.3, 0.4) is 0 Å². The third kappa shape index (κ3) is 3.71. The van der Waals surface area contributed by atoms with Gasteiger partial charge in [0.2, 0.25) is 0 Å². The summed E-state index contributed by atoms with van der Waals surface area (Å²) in [7, 11) is 0. The molecular formula is C17H20N2O4. The Balaban J connectivity index is 1.77. The van der Waals surface area contributed by atoms with E-state index in [0.29, 0.717) is 18.7 Å². The molecule has 1 aromatic carbocycles. The van der Waals surface area contributed by atoms with Crippen LogP contribution in [0.1, 0.15) is 29.6 Å². The highest BCUT2D eigenvalue weighted by Gasteiger charge is 2.24. The fraction of sp³-hybridized carbons (Fsp3) is 0.412. The molecule has 2 aromatic rings. The van der Waals surface area contributed by atoms with E-state index in [1.165, 1.54) is 0 Å². The van der Waals surface area contributed by atoms with E-state index in [1.807, 2.05) is 24.4 Å². The predicted molar refractivity (Wildman–Crippen MR) is 85.4 cm³/mol. The Morgan fingerprint density at radius 1 is 1.35 bits per heavy atom. The highest BCUT2D eigenvalue weighted by molar-refractivity contribution is 5.98. The van der Waals surface area contributed by atoms with Crippen molar-refractivity contribution in [3.8, 4) is 0 Å². The summed E-state index contributed by atoms with van der Waals surface area (Å²) >= 11 is 0. The van der Waals surface area contributed by atoms with Crippen LogP contribution in [0.4, 0.5) is 0 Å². The molecule has 0 spiro atoms. The second-order valence-electron chi connectivity index (χ2n) is 5.81. The summed E-state index contributed by atoms with van der Waals surface area (Å²) < 4.78 is 5.59. The van der Waals surface area contributed by atoms with Crippen molar-refractivity contribution in [2.24, 2.45) is 0 Å². The summed E-state index contributed by atoms with van der Waals surface area (Å²) in [5.41, 5.74) is 1.54. The summed E-state index contributed by atoms with van der Waals surface area (Å²) in [4.78, 5) is 28.3. The molecule has 1 fully saturated rings. The number of hydrogen-bond acceptors (Lipinski definition) is 3. The van der Waals surface area contributed by atoms with Crippen molar-refractivity contribution in [3.05, 3.63) is 36.0 Å². The quantitative estimate of drug-likeness (QED) is 0.856. The lowest BCUT2D eigenvalue weighted by molar-refractivity contribution is -0.137. The van der Waals surface area contributed by atoms with E-state index < -0.39 is 5.97 Å². The topological polar surface area (TPSA) is 82.6 Å². The molecule has 0 saturated carbocycles. The van der Waals surface area contributed by atoms with Crippen molar-refractivity contribution < 1.29 is 19.4 Å². The minimum absolute atomic E-state index is 0.00346. The minimum atomic E-state index is -0.906. The van der Waals surface area contributed by atoms with E-state index >= 15 is 0 Å². The number of nitrogens with one attached hydrogen (secondary N) is 1. The first-order valence-electron chi connectivity index (χ1n) is 7.83. The van der Waals surface area contributed by atoms with Gasteiger partial charge in [0.1, 0.15) is 0 Å². The minimum Gasteiger partial charge on any atom is -0.481 e. The second kappa shape index (κ2) is 6.83. The van der Waals surface area contributed by atoms with Crippen LogP contribution < -0.4 is 0 Å². The Labute approximate surface area is 134 Å². The number of carboxylic acid groups (broad SMARTS) is 1. The lowest BCUT2D eigenvalue weighted by atomic mass is 10.1. The number of carbonyl (C=O) groups is 2. The molecule has 0 bridgehead atoms. The largest absolute Gasteiger partial charge is 0.481 e. The van der Waals surface area contributed by atoms with Crippen molar-refractivity contribution in [2.75, 3.05) is 19.7 Å². The molecule has 6 heteroatoms. The van der Waals surface area contributed by atoms with Crippen LogP contribution in [0.25, 0.3) is 10.9 Å². The molecule has 1 saturated heterocycles. The number of carboxylic acids is 1. The van der Waals surface area contributed by atoms with Gasteiger partial charge in [-0.1, -0.05) is 0 Å². The molecule has 1 aromatic heterocycles. The fourth-order valence-corrected chi connectivity index (χ4v) is 2.91. The van der Waals surface area contributed by atoms with Gasteiger partial charge in [-0.15, -0.1) is 0 Å². The predicted octanol–water partition coefficient (Wildman–Crippen LogP) is 2.26. The third-order valence-electron chi connectivity index (χ3n) is 4.13. The zero-order valence-electron chi connectivity index (χ0n) is 12.8. The number of carbonyl (C=O) groups excluding carboxylic acids is 1. The summed E-state index contributed by atoms with van der Waals surface area (Å²) in [6, 6.07) is 7.37. The molecule has 3 rings (SSSR count). The normalized spacial score (nSPS) is 17.5. The Morgan fingerprint density at radius 3 is 2.96 bits per heavy atom. The molecule has 23 heavy (non-hydrogen) atoms. The first-order valence-corrected chi connectivity index (χ1v) is 7.83. The Hall–Kier alpha value is -2.34. The number of hydrogen-bond donors (Lipinski definition) is 2. The second-order valence-corrected chi connectivity index (χ2v) is 5.81. The van der Waals surface area contributed by atoms with E-state index in [0.717, 1.165) is 23.7 Å². The van der Waals surface area contributed by atoms with Gasteiger partial charge in [0.05, 0.1) is 12.5 Å². The van der Waals surface area contributed by atoms with Gasteiger partial charge in [-0.3, -0.25) is 9.59 Å². The number of benzene rings is 1. The summed E-state index contributed by atoms with van der Waals surface area (Å²) in [5, 5.41) is 9.88. The number of ether oxygens (including phenoxy) is 1. The van der Waals surface area contributed by atoms with Crippen LogP contribution in [-0.2, 0) is 9.53 Å². The van der Waals surface area contributed by atoms with Crippen molar-refractivity contribution in [2.45, 2.75) is 25.4 Å². The molecule has 2 heterocycles. The maximum atomic E-state index is 12.8. The highest BCUT2D eigenvalue weighted by Crippen LogP contribution is 2.18. The maximum absolute atomic E-state index is 12.8. The van der Waals surface area contributed by atoms with Crippen LogP contribution >= 0.6 is 0 Å². The summed E-state index contributed by atoms with van der Waals surface area (Å²) in [5.74, 6) is -1.05. The van der Waals surface area contributed by atoms with Crippen molar-refractivity contribution in [1.29, 1.82) is 0 Å². The van der Waals surface area contributed by atoms with Crippen molar-refractivity contribution >= 4 is 22.8 Å². The van der Waals surface area contributed by atoms with Crippen LogP contribution in [0.15, 0.2) is 30.5 Å². The number of aromatic nitrogens is 1. The van der Waals surface area contributed by atoms with E-state index in [1.54, 1.807) is 11.0 Å². The zero-order chi connectivity index (χ0) is 16.2. The van der Waals surface area contributed by atoms with E-state index in [9.17, 15) is 9.59 Å². The van der Waals surface area contributed by atoms with Gasteiger partial charge in [-0.25, -0.2) is 0 Å². The molecule has 6 nitrogen and oxygen atoms in total. The first kappa shape index (κ1) is 15.6. The van der Waals surface area contributed by atoms with Crippen LogP contribution in [0.2, 0.25) is 0 Å². The monoisotopic (exact) mass is 316 g/mol. The smallest absolute Gasteiger partial charge is 0.305 e. The third-order valence-corrected chi connectivity index (χ3v) is 4.13. The summed E-state index contributed by atoms with van der Waals surface area (Å²) in [6.45, 7) is 1.34. The Morgan fingerprint density at radius 2 is 2.22 bits per heavy atom. The molecular weight excluding hydrogens is 296 g/mol. The number of aromatic amines is 1. The van der Waals surface area contributed by atoms with Gasteiger partial charge in [0.15, 0.2) is 0 Å². The lowest BCUT2D eigenvalue weighted by Crippen LogP contribution is -2.38. The van der Waals surface area contributed by atoms with Gasteiger partial charge < -0.3 is 19.7 Å². The standard InChI is InChI=1S/C17H20N2O4/c20-16(21)6-8-19(11-14-2-1-9-23-14)17(22)13-3-4-15-12(10-13)5-7-18-15/h3-5,7,10,14,18H,1-2,6,8-9,11H2,(H,20,21)/t14-/m0/s1. The number of fused-ring (bicyclic) bond motifs is 1. The average molecular weight is 316 g/mol. The molecule has 1 amide bonds. The van der Waals surface area contributed by atoms with E-state index in [4.69, 9.17) is 9.84 Å². The Kier molecular flexibility index (Phi) is 4.62. The molecule has 1 aliphatic heterocycles. The molecule has 2 N–H and O–H groups in total. The fourth-order valence-electron chi connectivity index (χ4n) is 2.91. The van der Waals surface area contributed by atoms with Crippen LogP contribution in [0.5, 0.6) is 0 Å². The average Bonchev–Trinajstić information content (AvgIpc) is 3.20. The number of amides is 1. The summed E-state index contributed by atoms with van der Waals surface area (Å²) in [6.07, 6.45) is 3.66. The molecule has 0 radical (unpaired) electrons. The molecule has 122 valence electrons. The van der Waals surface area contributed by atoms with E-state index in [2.05, 4.69) is 4.98 Å². The van der Waals surface area contributed by atoms with E-state index in [-0.39, 0.29) is 25.0 Å². The number of aliphatic carboxylic acids is 1. The van der Waals surface area contributed by atoms with Crippen LogP contribution in [0, 0.1) is 0 Å². The highest BCUT2D eigenvalue weighted by atomic mass is 16.5. The molecule has 0 aliphatic carbocycles. The Bertz CT molecular complexity index is 703. The zero-order valence-corrected chi connectivity index (χ0v) is 12.8. The maximum Gasteiger partial charge on any atom is 0.305 e.